The standard InChI is InChI=1S/C20H21N3O2/c21-14-18-4-1-2-5-19(18)23-11-3-10-22(12-13-23)15-16-6-8-17(9-7-16)20(24)25/h1-2,4-9H,3,10-13,15H2,(H,24,25). The third-order valence-electron chi connectivity index (χ3n) is 4.56. The lowest BCUT2D eigenvalue weighted by Gasteiger charge is -2.24. The molecule has 1 saturated heterocycles. The van der Waals surface area contributed by atoms with Gasteiger partial charge in [0, 0.05) is 32.7 Å². The summed E-state index contributed by atoms with van der Waals surface area (Å²) in [5.41, 5.74) is 3.17. The number of benzene rings is 2. The zero-order valence-corrected chi connectivity index (χ0v) is 14.1. The number of nitriles is 1. The van der Waals surface area contributed by atoms with E-state index in [1.807, 2.05) is 36.4 Å². The SMILES string of the molecule is N#Cc1ccccc1N1CCCN(Cc2ccc(C(=O)O)cc2)CC1. The maximum atomic E-state index is 10.9. The number of hydrogen-bond donors (Lipinski definition) is 1. The van der Waals surface area contributed by atoms with Crippen LogP contribution in [0.4, 0.5) is 5.69 Å². The highest BCUT2D eigenvalue weighted by Gasteiger charge is 2.17. The summed E-state index contributed by atoms with van der Waals surface area (Å²) in [6, 6.07) is 17.1. The number of nitrogens with zero attached hydrogens (tertiary/aromatic N) is 3. The van der Waals surface area contributed by atoms with Crippen LogP contribution in [0.25, 0.3) is 0 Å². The van der Waals surface area contributed by atoms with Gasteiger partial charge < -0.3 is 10.0 Å². The van der Waals surface area contributed by atoms with Gasteiger partial charge in [0.1, 0.15) is 6.07 Å². The summed E-state index contributed by atoms with van der Waals surface area (Å²) in [6.45, 7) is 4.54. The van der Waals surface area contributed by atoms with Gasteiger partial charge in [0.25, 0.3) is 0 Å². The third-order valence-corrected chi connectivity index (χ3v) is 4.56. The monoisotopic (exact) mass is 335 g/mol. The second-order valence-corrected chi connectivity index (χ2v) is 6.25. The number of carbonyl (C=O) groups is 1. The molecule has 0 bridgehead atoms. The van der Waals surface area contributed by atoms with Gasteiger partial charge in [0.2, 0.25) is 0 Å². The summed E-state index contributed by atoms with van der Waals surface area (Å²) in [5, 5.41) is 18.3. The van der Waals surface area contributed by atoms with Crippen molar-refractivity contribution in [2.45, 2.75) is 13.0 Å². The summed E-state index contributed by atoms with van der Waals surface area (Å²) < 4.78 is 0. The lowest BCUT2D eigenvalue weighted by molar-refractivity contribution is 0.0697. The van der Waals surface area contributed by atoms with Crippen LogP contribution >= 0.6 is 0 Å². The smallest absolute Gasteiger partial charge is 0.335 e. The molecular weight excluding hydrogens is 314 g/mol. The highest BCUT2D eigenvalue weighted by atomic mass is 16.4. The Labute approximate surface area is 147 Å². The molecule has 1 aliphatic rings. The van der Waals surface area contributed by atoms with Crippen LogP contribution < -0.4 is 4.90 Å². The average Bonchev–Trinajstić information content (AvgIpc) is 2.87. The Kier molecular flexibility index (Phi) is 5.32. The van der Waals surface area contributed by atoms with Gasteiger partial charge in [-0.05, 0) is 36.2 Å². The Morgan fingerprint density at radius 1 is 1.04 bits per heavy atom. The van der Waals surface area contributed by atoms with Crippen molar-refractivity contribution in [3.63, 3.8) is 0 Å². The number of anilines is 1. The minimum Gasteiger partial charge on any atom is -0.478 e. The summed E-state index contributed by atoms with van der Waals surface area (Å²) in [7, 11) is 0. The molecule has 1 heterocycles. The largest absolute Gasteiger partial charge is 0.478 e. The van der Waals surface area contributed by atoms with Crippen molar-refractivity contribution in [1.82, 2.24) is 4.90 Å². The molecule has 2 aromatic rings. The molecule has 0 spiro atoms. The first-order valence-corrected chi connectivity index (χ1v) is 8.46. The lowest BCUT2D eigenvalue weighted by atomic mass is 10.1. The molecule has 0 radical (unpaired) electrons. The number of hydrogen-bond acceptors (Lipinski definition) is 4. The van der Waals surface area contributed by atoms with Crippen molar-refractivity contribution in [3.05, 3.63) is 65.2 Å². The zero-order chi connectivity index (χ0) is 17.6. The molecule has 1 aliphatic heterocycles. The number of carboxylic acid groups (broad SMARTS) is 1. The number of para-hydroxylation sites is 1. The highest BCUT2D eigenvalue weighted by molar-refractivity contribution is 5.87. The van der Waals surface area contributed by atoms with Gasteiger partial charge in [-0.1, -0.05) is 24.3 Å². The van der Waals surface area contributed by atoms with E-state index in [1.165, 1.54) is 0 Å². The summed E-state index contributed by atoms with van der Waals surface area (Å²) in [4.78, 5) is 15.6. The van der Waals surface area contributed by atoms with Crippen LogP contribution in [0.2, 0.25) is 0 Å². The topological polar surface area (TPSA) is 67.6 Å². The molecule has 0 unspecified atom stereocenters. The molecule has 25 heavy (non-hydrogen) atoms. The number of carboxylic acids is 1. The summed E-state index contributed by atoms with van der Waals surface area (Å²) >= 11 is 0. The van der Waals surface area contributed by atoms with E-state index in [1.54, 1.807) is 12.1 Å². The molecule has 0 aromatic heterocycles. The Balaban J connectivity index is 1.63. The first kappa shape index (κ1) is 17.0. The van der Waals surface area contributed by atoms with Gasteiger partial charge in [-0.25, -0.2) is 4.79 Å². The minimum absolute atomic E-state index is 0.318. The van der Waals surface area contributed by atoms with Gasteiger partial charge in [-0.2, -0.15) is 5.26 Å². The van der Waals surface area contributed by atoms with Crippen molar-refractivity contribution in [2.24, 2.45) is 0 Å². The molecule has 0 saturated carbocycles. The number of rotatable bonds is 4. The van der Waals surface area contributed by atoms with Crippen molar-refractivity contribution < 1.29 is 9.90 Å². The van der Waals surface area contributed by atoms with Gasteiger partial charge in [-0.3, -0.25) is 4.90 Å². The van der Waals surface area contributed by atoms with Crippen LogP contribution in [0, 0.1) is 11.3 Å². The Morgan fingerprint density at radius 3 is 2.52 bits per heavy atom. The average molecular weight is 335 g/mol. The number of aromatic carboxylic acids is 1. The van der Waals surface area contributed by atoms with E-state index in [-0.39, 0.29) is 0 Å². The van der Waals surface area contributed by atoms with Gasteiger partial charge in [-0.15, -0.1) is 0 Å². The van der Waals surface area contributed by atoms with E-state index < -0.39 is 5.97 Å². The molecule has 0 amide bonds. The molecule has 2 aromatic carbocycles. The maximum Gasteiger partial charge on any atom is 0.335 e. The van der Waals surface area contributed by atoms with Crippen molar-refractivity contribution in [1.29, 1.82) is 5.26 Å². The van der Waals surface area contributed by atoms with Crippen LogP contribution in [0.5, 0.6) is 0 Å². The third kappa shape index (κ3) is 4.17. The molecule has 1 fully saturated rings. The molecule has 3 rings (SSSR count). The second kappa shape index (κ2) is 7.82. The Hall–Kier alpha value is -2.84. The van der Waals surface area contributed by atoms with Gasteiger partial charge in [0.05, 0.1) is 16.8 Å². The fourth-order valence-electron chi connectivity index (χ4n) is 3.22. The fraction of sp³-hybridized carbons (Fsp3) is 0.300. The maximum absolute atomic E-state index is 10.9. The predicted octanol–water partition coefficient (Wildman–Crippen LogP) is 2.97. The van der Waals surface area contributed by atoms with E-state index in [4.69, 9.17) is 5.11 Å². The van der Waals surface area contributed by atoms with E-state index in [9.17, 15) is 10.1 Å². The molecule has 5 heteroatoms. The molecule has 5 nitrogen and oxygen atoms in total. The van der Waals surface area contributed by atoms with E-state index in [0.29, 0.717) is 5.56 Å². The van der Waals surface area contributed by atoms with Crippen LogP contribution in [-0.4, -0.2) is 42.2 Å². The van der Waals surface area contributed by atoms with E-state index in [2.05, 4.69) is 15.9 Å². The van der Waals surface area contributed by atoms with Crippen LogP contribution in [0.3, 0.4) is 0 Å². The van der Waals surface area contributed by atoms with Crippen LogP contribution in [0.1, 0.15) is 27.9 Å². The second-order valence-electron chi connectivity index (χ2n) is 6.25. The predicted molar refractivity (Wildman–Crippen MR) is 96.7 cm³/mol. The quantitative estimate of drug-likeness (QED) is 0.930. The van der Waals surface area contributed by atoms with Gasteiger partial charge in [0.15, 0.2) is 0 Å². The zero-order valence-electron chi connectivity index (χ0n) is 14.1. The van der Waals surface area contributed by atoms with Crippen LogP contribution in [0.15, 0.2) is 48.5 Å². The van der Waals surface area contributed by atoms with Crippen molar-refractivity contribution in [2.75, 3.05) is 31.1 Å². The first-order valence-electron chi connectivity index (χ1n) is 8.46. The molecule has 128 valence electrons. The summed E-state index contributed by atoms with van der Waals surface area (Å²) in [6.07, 6.45) is 1.03. The van der Waals surface area contributed by atoms with Crippen molar-refractivity contribution >= 4 is 11.7 Å². The molecule has 0 aliphatic carbocycles. The van der Waals surface area contributed by atoms with Gasteiger partial charge >= 0.3 is 5.97 Å². The normalized spacial score (nSPS) is 15.4. The highest BCUT2D eigenvalue weighted by Crippen LogP contribution is 2.21. The Bertz CT molecular complexity index is 780. The molecular formula is C20H21N3O2. The first-order chi connectivity index (χ1) is 12.2. The lowest BCUT2D eigenvalue weighted by Crippen LogP contribution is -2.30. The minimum atomic E-state index is -0.895. The molecule has 1 N–H and O–H groups in total. The van der Waals surface area contributed by atoms with E-state index >= 15 is 0 Å². The Morgan fingerprint density at radius 2 is 1.80 bits per heavy atom. The summed E-state index contributed by atoms with van der Waals surface area (Å²) in [5.74, 6) is -0.895. The van der Waals surface area contributed by atoms with Crippen molar-refractivity contribution in [3.8, 4) is 6.07 Å². The van der Waals surface area contributed by atoms with E-state index in [0.717, 1.165) is 56.0 Å². The fourth-order valence-corrected chi connectivity index (χ4v) is 3.22. The van der Waals surface area contributed by atoms with Crippen LogP contribution in [-0.2, 0) is 6.54 Å². The molecule has 0 atom stereocenters.